The lowest BCUT2D eigenvalue weighted by atomic mass is 9.99. The maximum absolute atomic E-state index is 13.2. The van der Waals surface area contributed by atoms with E-state index in [1.807, 2.05) is 0 Å². The van der Waals surface area contributed by atoms with Gasteiger partial charge in [0.1, 0.15) is 19.3 Å². The molecule has 0 aromatic heterocycles. The monoisotopic (exact) mass is 1550 g/mol. The second-order valence-corrected chi connectivity index (χ2v) is 35.1. The van der Waals surface area contributed by atoms with Gasteiger partial charge in [0, 0.05) is 25.7 Å². The Morgan fingerprint density at radius 1 is 0.274 bits per heavy atom. The van der Waals surface area contributed by atoms with Crippen LogP contribution < -0.4 is 0 Å². The number of unbranched alkanes of at least 4 members (excludes halogenated alkanes) is 51. The molecule has 106 heavy (non-hydrogen) atoms. The highest BCUT2D eigenvalue weighted by Gasteiger charge is 2.31. The van der Waals surface area contributed by atoms with Crippen molar-refractivity contribution in [1.82, 2.24) is 0 Å². The molecule has 0 rings (SSSR count). The SMILES string of the molecule is CCCCCCCCCCCCCCCCC(=O)O[C@H](COC(=O)CCCCCCCCCCCC(C)C)COP(=O)(O)OC[C@H](O)COP(=O)(O)OC[C@@H](COC(=O)CCCCCCCCCCCCCCCCC(C)CC)OC(=O)CCCCCCCCCCCCCCCCCCCCC(C)CC. The predicted molar refractivity (Wildman–Crippen MR) is 437 cm³/mol. The third kappa shape index (κ3) is 77.4. The lowest BCUT2D eigenvalue weighted by Crippen LogP contribution is -2.30. The van der Waals surface area contributed by atoms with E-state index in [2.05, 4.69) is 48.5 Å². The maximum atomic E-state index is 13.2. The van der Waals surface area contributed by atoms with Gasteiger partial charge in [0.15, 0.2) is 12.2 Å². The van der Waals surface area contributed by atoms with E-state index in [0.29, 0.717) is 25.7 Å². The van der Waals surface area contributed by atoms with Crippen LogP contribution in [0.3, 0.4) is 0 Å². The van der Waals surface area contributed by atoms with Crippen molar-refractivity contribution in [2.75, 3.05) is 39.6 Å². The molecule has 0 aromatic carbocycles. The summed E-state index contributed by atoms with van der Waals surface area (Å²) in [4.78, 5) is 73.3. The second-order valence-electron chi connectivity index (χ2n) is 32.2. The van der Waals surface area contributed by atoms with Crippen LogP contribution in [-0.2, 0) is 65.4 Å². The largest absolute Gasteiger partial charge is 0.472 e. The Balaban J connectivity index is 5.25. The number of aliphatic hydroxyl groups is 1. The van der Waals surface area contributed by atoms with Crippen molar-refractivity contribution in [3.05, 3.63) is 0 Å². The first kappa shape index (κ1) is 104. The van der Waals surface area contributed by atoms with E-state index in [1.54, 1.807) is 0 Å². The number of esters is 4. The van der Waals surface area contributed by atoms with Gasteiger partial charge in [-0.1, -0.05) is 408 Å². The summed E-state index contributed by atoms with van der Waals surface area (Å²) in [6.45, 7) is 12.1. The van der Waals surface area contributed by atoms with Gasteiger partial charge < -0.3 is 33.8 Å². The third-order valence-corrected chi connectivity index (χ3v) is 23.0. The number of aliphatic hydroxyl groups excluding tert-OH is 1. The number of carbonyl (C=O) groups excluding carboxylic acids is 4. The first-order chi connectivity index (χ1) is 51.3. The Morgan fingerprint density at radius 3 is 0.717 bits per heavy atom. The minimum Gasteiger partial charge on any atom is -0.462 e. The summed E-state index contributed by atoms with van der Waals surface area (Å²) in [7, 11) is -9.93. The molecule has 0 aliphatic heterocycles. The van der Waals surface area contributed by atoms with Crippen LogP contribution in [0.1, 0.15) is 459 Å². The number of phosphoric acid groups is 2. The Hall–Kier alpha value is -1.94. The van der Waals surface area contributed by atoms with Gasteiger partial charge in [-0.2, -0.15) is 0 Å². The second kappa shape index (κ2) is 77.0. The molecule has 0 heterocycles. The van der Waals surface area contributed by atoms with Crippen LogP contribution in [0, 0.1) is 17.8 Å². The molecule has 0 saturated carbocycles. The minimum absolute atomic E-state index is 0.108. The zero-order valence-corrected chi connectivity index (χ0v) is 71.7. The van der Waals surface area contributed by atoms with Crippen molar-refractivity contribution in [3.63, 3.8) is 0 Å². The fraction of sp³-hybridized carbons (Fsp3) is 0.954. The summed E-state index contributed by atoms with van der Waals surface area (Å²) in [6, 6.07) is 0. The lowest BCUT2D eigenvalue weighted by Gasteiger charge is -2.21. The number of carbonyl (C=O) groups is 4. The number of hydrogen-bond acceptors (Lipinski definition) is 15. The number of hydrogen-bond donors (Lipinski definition) is 3. The van der Waals surface area contributed by atoms with Crippen molar-refractivity contribution >= 4 is 39.5 Å². The minimum atomic E-state index is -4.97. The summed E-state index contributed by atoms with van der Waals surface area (Å²) < 4.78 is 68.9. The predicted octanol–water partition coefficient (Wildman–Crippen LogP) is 26.5. The quantitative estimate of drug-likeness (QED) is 0.0222. The highest BCUT2D eigenvalue weighted by molar-refractivity contribution is 7.47. The lowest BCUT2D eigenvalue weighted by molar-refractivity contribution is -0.161. The molecule has 0 aliphatic rings. The zero-order valence-electron chi connectivity index (χ0n) is 69.9. The van der Waals surface area contributed by atoms with E-state index in [9.17, 15) is 43.2 Å². The molecule has 0 fully saturated rings. The van der Waals surface area contributed by atoms with Gasteiger partial charge in [0.25, 0.3) is 0 Å². The number of rotatable bonds is 85. The molecular formula is C87H170O17P2. The van der Waals surface area contributed by atoms with Crippen LogP contribution in [0.15, 0.2) is 0 Å². The van der Waals surface area contributed by atoms with Crippen LogP contribution >= 0.6 is 15.6 Å². The summed E-state index contributed by atoms with van der Waals surface area (Å²) in [5.41, 5.74) is 0. The van der Waals surface area contributed by atoms with Gasteiger partial charge in [-0.3, -0.25) is 37.3 Å². The Labute approximate surface area is 651 Å². The van der Waals surface area contributed by atoms with E-state index in [4.69, 9.17) is 37.0 Å². The standard InChI is InChI=1S/C87H170O17P2/c1-8-11-12-13-14-15-16-17-28-34-41-49-56-63-70-86(91)104-83(75-98-85(90)69-62-55-48-43-36-37-44-51-58-65-78(4)5)77-102-106(95,96)100-73-81(88)72-99-105(93,94)101-76-82(74-97-84(89)68-61-54-47-40-33-29-25-24-27-32-39-46-53-60-67-80(7)10-3)103-87(92)71-64-57-50-42-35-30-23-21-19-18-20-22-26-31-38-45-52-59-66-79(6)9-2/h78-83,88H,8-77H2,1-7H3,(H,93,94)(H,95,96)/t79?,80?,81-,82-,83-/m1/s1. The van der Waals surface area contributed by atoms with Gasteiger partial charge in [-0.05, 0) is 43.4 Å². The smallest absolute Gasteiger partial charge is 0.462 e. The van der Waals surface area contributed by atoms with E-state index in [0.717, 1.165) is 108 Å². The average Bonchev–Trinajstić information content (AvgIpc) is 0.905. The molecule has 19 heteroatoms. The van der Waals surface area contributed by atoms with Gasteiger partial charge in [0.05, 0.1) is 26.4 Å². The van der Waals surface area contributed by atoms with Gasteiger partial charge in [-0.25, -0.2) is 9.13 Å². The number of phosphoric ester groups is 2. The molecule has 3 N–H and O–H groups in total. The van der Waals surface area contributed by atoms with Crippen LogP contribution in [0.25, 0.3) is 0 Å². The molecule has 0 aliphatic carbocycles. The van der Waals surface area contributed by atoms with E-state index in [1.165, 1.54) is 270 Å². The summed E-state index contributed by atoms with van der Waals surface area (Å²) in [5.74, 6) is 0.363. The van der Waals surface area contributed by atoms with Crippen LogP contribution in [0.4, 0.5) is 0 Å². The summed E-state index contributed by atoms with van der Waals surface area (Å²) in [5, 5.41) is 10.7. The molecule has 0 spiro atoms. The topological polar surface area (TPSA) is 237 Å². The molecule has 0 amide bonds. The van der Waals surface area contributed by atoms with Crippen molar-refractivity contribution in [2.24, 2.45) is 17.8 Å². The van der Waals surface area contributed by atoms with Gasteiger partial charge in [-0.15, -0.1) is 0 Å². The van der Waals surface area contributed by atoms with Crippen molar-refractivity contribution < 1.29 is 80.2 Å². The molecule has 0 radical (unpaired) electrons. The van der Waals surface area contributed by atoms with E-state index < -0.39 is 97.5 Å². The first-order valence-electron chi connectivity index (χ1n) is 44.9. The third-order valence-electron chi connectivity index (χ3n) is 21.1. The highest BCUT2D eigenvalue weighted by atomic mass is 31.2. The molecular weight excluding hydrogens is 1380 g/mol. The first-order valence-corrected chi connectivity index (χ1v) is 47.9. The summed E-state index contributed by atoms with van der Waals surface area (Å²) in [6.07, 6.45) is 67.9. The fourth-order valence-electron chi connectivity index (χ4n) is 13.5. The molecule has 0 bridgehead atoms. The van der Waals surface area contributed by atoms with Gasteiger partial charge in [0.2, 0.25) is 0 Å². The molecule has 0 saturated heterocycles. The summed E-state index contributed by atoms with van der Waals surface area (Å²) >= 11 is 0. The Morgan fingerprint density at radius 2 is 0.481 bits per heavy atom. The number of ether oxygens (including phenoxy) is 4. The molecule has 17 nitrogen and oxygen atoms in total. The molecule has 0 aromatic rings. The van der Waals surface area contributed by atoms with Crippen LogP contribution in [0.2, 0.25) is 0 Å². The van der Waals surface area contributed by atoms with E-state index >= 15 is 0 Å². The normalized spacial score (nSPS) is 14.4. The van der Waals surface area contributed by atoms with Crippen molar-refractivity contribution in [3.8, 4) is 0 Å². The van der Waals surface area contributed by atoms with Gasteiger partial charge >= 0.3 is 39.5 Å². The Kier molecular flexibility index (Phi) is 75.6. The van der Waals surface area contributed by atoms with Crippen LogP contribution in [0.5, 0.6) is 0 Å². The van der Waals surface area contributed by atoms with Crippen LogP contribution in [-0.4, -0.2) is 96.7 Å². The Bertz CT molecular complexity index is 2050. The zero-order chi connectivity index (χ0) is 77.9. The van der Waals surface area contributed by atoms with E-state index in [-0.39, 0.29) is 25.7 Å². The average molecular weight is 1550 g/mol. The molecule has 4 unspecified atom stereocenters. The fourth-order valence-corrected chi connectivity index (χ4v) is 15.1. The highest BCUT2D eigenvalue weighted by Crippen LogP contribution is 2.45. The maximum Gasteiger partial charge on any atom is 0.472 e. The molecule has 7 atom stereocenters. The molecule has 630 valence electrons. The van der Waals surface area contributed by atoms with Crippen molar-refractivity contribution in [1.29, 1.82) is 0 Å². The van der Waals surface area contributed by atoms with Crippen molar-refractivity contribution in [2.45, 2.75) is 478 Å².